The molecule has 0 aliphatic carbocycles. The van der Waals surface area contributed by atoms with Gasteiger partial charge in [-0.15, -0.1) is 0 Å². The highest BCUT2D eigenvalue weighted by Crippen LogP contribution is 2.50. The van der Waals surface area contributed by atoms with E-state index in [1.165, 1.54) is 9.79 Å². The zero-order chi connectivity index (χ0) is 26.9. The van der Waals surface area contributed by atoms with Crippen LogP contribution in [0.4, 0.5) is 22.7 Å². The maximum atomic E-state index is 6.85. The number of nitrogens with zero attached hydrogens (tertiary/aromatic N) is 2. The third-order valence-corrected chi connectivity index (χ3v) is 8.56. The summed E-state index contributed by atoms with van der Waals surface area (Å²) in [5.74, 6) is 1.54. The van der Waals surface area contributed by atoms with E-state index < -0.39 is 0 Å². The number of ether oxygens (including phenoxy) is 1. The predicted molar refractivity (Wildman–Crippen MR) is 166 cm³/mol. The fourth-order valence-corrected chi connectivity index (χ4v) is 6.59. The van der Waals surface area contributed by atoms with Crippen molar-refractivity contribution < 1.29 is 4.74 Å². The largest absolute Gasteiger partial charge is 0.483 e. The highest BCUT2D eigenvalue weighted by Gasteiger charge is 2.39. The van der Waals surface area contributed by atoms with E-state index >= 15 is 0 Å². The normalized spacial score (nSPS) is 17.4. The lowest BCUT2D eigenvalue weighted by molar-refractivity contribution is 0.175. The van der Waals surface area contributed by atoms with Crippen molar-refractivity contribution in [1.82, 2.24) is 0 Å². The summed E-state index contributed by atoms with van der Waals surface area (Å²) in [6.07, 6.45) is -0.288. The number of amidine groups is 1. The number of benzene rings is 5. The molecule has 0 fully saturated rings. The Labute approximate surface area is 243 Å². The van der Waals surface area contributed by atoms with Crippen LogP contribution in [0, 0.1) is 5.92 Å². The SMILES string of the molecule is Clc1cccc(NCC2C(N3c4ccccc4Sc4ccccc43)=Nc3ccccc3OC2c2ccccc2)c1. The molecule has 2 heterocycles. The Hall–Kier alpha value is -4.19. The summed E-state index contributed by atoms with van der Waals surface area (Å²) in [6, 6.07) is 43.4. The van der Waals surface area contributed by atoms with Gasteiger partial charge >= 0.3 is 0 Å². The molecule has 2 aliphatic rings. The fraction of sp³-hybridized carbons (Fsp3) is 0.0882. The molecule has 2 atom stereocenters. The zero-order valence-electron chi connectivity index (χ0n) is 21.6. The molecule has 2 aliphatic heterocycles. The van der Waals surface area contributed by atoms with E-state index in [-0.39, 0.29) is 12.0 Å². The molecule has 2 unspecified atom stereocenters. The summed E-state index contributed by atoms with van der Waals surface area (Å²) in [7, 11) is 0. The second-order valence-corrected chi connectivity index (χ2v) is 11.3. The van der Waals surface area contributed by atoms with Gasteiger partial charge in [0, 0.05) is 27.0 Å². The van der Waals surface area contributed by atoms with E-state index in [2.05, 4.69) is 83.0 Å². The number of aliphatic imine (C=N–C) groups is 1. The second-order valence-electron chi connectivity index (χ2n) is 9.76. The number of fused-ring (bicyclic) bond motifs is 3. The Bertz CT molecular complexity index is 1660. The molecule has 0 radical (unpaired) electrons. The van der Waals surface area contributed by atoms with Gasteiger partial charge in [-0.1, -0.05) is 96.2 Å². The Morgan fingerprint density at radius 1 is 0.750 bits per heavy atom. The van der Waals surface area contributed by atoms with E-state index in [1.807, 2.05) is 54.6 Å². The molecule has 0 saturated carbocycles. The standard InChI is InChI=1S/C34H26ClN3OS/c35-24-13-10-14-25(21-24)36-22-26-33(23-11-2-1-3-12-23)39-30-18-7-4-15-27(30)37-34(26)38-28-16-5-8-19-31(28)40-32-20-9-6-17-29(32)38/h1-21,26,33,36H,22H2. The number of hydrogen-bond donors (Lipinski definition) is 1. The molecule has 0 amide bonds. The van der Waals surface area contributed by atoms with Gasteiger partial charge in [0.15, 0.2) is 0 Å². The van der Waals surface area contributed by atoms with Crippen LogP contribution < -0.4 is 15.0 Å². The van der Waals surface area contributed by atoms with Crippen LogP contribution in [0.3, 0.4) is 0 Å². The van der Waals surface area contributed by atoms with Gasteiger partial charge in [0.25, 0.3) is 0 Å². The Morgan fingerprint density at radius 2 is 1.43 bits per heavy atom. The van der Waals surface area contributed by atoms with Gasteiger partial charge < -0.3 is 10.1 Å². The molecular formula is C34H26ClN3OS. The van der Waals surface area contributed by atoms with Gasteiger partial charge in [-0.25, -0.2) is 4.99 Å². The number of nitrogens with one attached hydrogen (secondary N) is 1. The average molecular weight is 560 g/mol. The summed E-state index contributed by atoms with van der Waals surface area (Å²) >= 11 is 8.13. The summed E-state index contributed by atoms with van der Waals surface area (Å²) in [4.78, 5) is 10.1. The first-order chi connectivity index (χ1) is 19.7. The molecule has 1 N–H and O–H groups in total. The molecule has 0 spiro atoms. The van der Waals surface area contributed by atoms with Crippen molar-refractivity contribution in [2.75, 3.05) is 16.8 Å². The minimum absolute atomic E-state index is 0.155. The molecule has 5 aromatic carbocycles. The van der Waals surface area contributed by atoms with E-state index in [4.69, 9.17) is 21.3 Å². The first-order valence-corrected chi connectivity index (χ1v) is 14.5. The van der Waals surface area contributed by atoms with Crippen LogP contribution in [0.25, 0.3) is 0 Å². The monoisotopic (exact) mass is 559 g/mol. The van der Waals surface area contributed by atoms with Crippen LogP contribution in [0.2, 0.25) is 5.02 Å². The third-order valence-electron chi connectivity index (χ3n) is 7.19. The van der Waals surface area contributed by atoms with Crippen molar-refractivity contribution in [2.24, 2.45) is 10.9 Å². The lowest BCUT2D eigenvalue weighted by Crippen LogP contribution is -2.41. The molecule has 0 bridgehead atoms. The smallest absolute Gasteiger partial charge is 0.145 e. The molecule has 0 saturated heterocycles. The minimum atomic E-state index is -0.288. The third kappa shape index (κ3) is 4.72. The van der Waals surface area contributed by atoms with E-state index in [0.29, 0.717) is 11.6 Å². The lowest BCUT2D eigenvalue weighted by Gasteiger charge is -2.38. The van der Waals surface area contributed by atoms with Crippen molar-refractivity contribution in [2.45, 2.75) is 15.9 Å². The summed E-state index contributed by atoms with van der Waals surface area (Å²) in [6.45, 7) is 0.584. The molecule has 0 aromatic heterocycles. The van der Waals surface area contributed by atoms with Crippen LogP contribution in [0.15, 0.2) is 142 Å². The van der Waals surface area contributed by atoms with Gasteiger partial charge in [0.2, 0.25) is 0 Å². The second kappa shape index (κ2) is 10.8. The number of hydrogen-bond acceptors (Lipinski definition) is 5. The van der Waals surface area contributed by atoms with Crippen LogP contribution in [-0.2, 0) is 0 Å². The molecule has 4 nitrogen and oxygen atoms in total. The number of halogens is 1. The maximum absolute atomic E-state index is 6.85. The maximum Gasteiger partial charge on any atom is 0.145 e. The van der Waals surface area contributed by atoms with Gasteiger partial charge in [0.1, 0.15) is 23.4 Å². The topological polar surface area (TPSA) is 36.9 Å². The van der Waals surface area contributed by atoms with Crippen molar-refractivity contribution >= 4 is 51.9 Å². The van der Waals surface area contributed by atoms with Crippen molar-refractivity contribution in [3.8, 4) is 5.75 Å². The quantitative estimate of drug-likeness (QED) is 0.238. The van der Waals surface area contributed by atoms with Crippen LogP contribution >= 0.6 is 23.4 Å². The Morgan fingerprint density at radius 3 is 2.17 bits per heavy atom. The summed E-state index contributed by atoms with van der Waals surface area (Å²) in [5, 5.41) is 4.34. The molecule has 5 aromatic rings. The summed E-state index contributed by atoms with van der Waals surface area (Å²) < 4.78 is 6.85. The molecule has 196 valence electrons. The molecule has 6 heteroatoms. The summed E-state index contributed by atoms with van der Waals surface area (Å²) in [5.41, 5.74) is 5.10. The van der Waals surface area contributed by atoms with E-state index in [9.17, 15) is 0 Å². The van der Waals surface area contributed by atoms with Crippen molar-refractivity contribution in [3.05, 3.63) is 138 Å². The highest BCUT2D eigenvalue weighted by atomic mass is 35.5. The minimum Gasteiger partial charge on any atom is -0.483 e. The van der Waals surface area contributed by atoms with Crippen molar-refractivity contribution in [1.29, 1.82) is 0 Å². The van der Waals surface area contributed by atoms with E-state index in [1.54, 1.807) is 11.8 Å². The Kier molecular flexibility index (Phi) is 6.68. The van der Waals surface area contributed by atoms with Gasteiger partial charge in [-0.2, -0.15) is 0 Å². The molecule has 40 heavy (non-hydrogen) atoms. The number of anilines is 3. The van der Waals surface area contributed by atoms with Crippen molar-refractivity contribution in [3.63, 3.8) is 0 Å². The van der Waals surface area contributed by atoms with Gasteiger partial charge in [0.05, 0.1) is 17.3 Å². The predicted octanol–water partition coefficient (Wildman–Crippen LogP) is 9.53. The van der Waals surface area contributed by atoms with Crippen LogP contribution in [0.1, 0.15) is 11.7 Å². The highest BCUT2D eigenvalue weighted by molar-refractivity contribution is 7.99. The van der Waals surface area contributed by atoms with Gasteiger partial charge in [-0.05, 0) is 60.2 Å². The first-order valence-electron chi connectivity index (χ1n) is 13.3. The number of para-hydroxylation sites is 4. The first kappa shape index (κ1) is 24.8. The van der Waals surface area contributed by atoms with Gasteiger partial charge in [-0.3, -0.25) is 4.90 Å². The van der Waals surface area contributed by atoms with Crippen LogP contribution in [-0.4, -0.2) is 12.4 Å². The Balaban J connectivity index is 1.43. The average Bonchev–Trinajstić information content (AvgIpc) is 3.16. The molecule has 7 rings (SSSR count). The zero-order valence-corrected chi connectivity index (χ0v) is 23.1. The fourth-order valence-electron chi connectivity index (χ4n) is 5.34. The number of rotatable bonds is 4. The van der Waals surface area contributed by atoms with E-state index in [0.717, 1.165) is 39.9 Å². The molecular weight excluding hydrogens is 534 g/mol. The van der Waals surface area contributed by atoms with Crippen LogP contribution in [0.5, 0.6) is 5.75 Å². The lowest BCUT2D eigenvalue weighted by atomic mass is 9.92.